The van der Waals surface area contributed by atoms with Crippen LogP contribution >= 0.6 is 0 Å². The van der Waals surface area contributed by atoms with E-state index in [0.29, 0.717) is 40.8 Å². The molecule has 0 amide bonds. The zero-order valence-electron chi connectivity index (χ0n) is 37.4. The van der Waals surface area contributed by atoms with Crippen molar-refractivity contribution in [1.29, 1.82) is 0 Å². The van der Waals surface area contributed by atoms with E-state index in [-0.39, 0.29) is 0 Å². The summed E-state index contributed by atoms with van der Waals surface area (Å²) in [4.78, 5) is 40.6. The van der Waals surface area contributed by atoms with Crippen molar-refractivity contribution in [2.75, 3.05) is 0 Å². The molecule has 0 saturated heterocycles. The smallest absolute Gasteiger partial charge is 0.164 e. The minimum absolute atomic E-state index is 0.566. The molecular weight excluding hydrogens is 833 g/mol. The van der Waals surface area contributed by atoms with Gasteiger partial charge in [-0.3, -0.25) is 0 Å². The Morgan fingerprint density at radius 1 is 0.191 bits per heavy atom. The van der Waals surface area contributed by atoms with Crippen molar-refractivity contribution >= 4 is 0 Å². The molecule has 68 heavy (non-hydrogen) atoms. The van der Waals surface area contributed by atoms with Gasteiger partial charge in [0.05, 0.1) is 0 Å². The second kappa shape index (κ2) is 18.4. The maximum Gasteiger partial charge on any atom is 0.164 e. The van der Waals surface area contributed by atoms with E-state index >= 15 is 0 Å². The summed E-state index contributed by atoms with van der Waals surface area (Å²) in [6, 6.07) is 74.0. The van der Waals surface area contributed by atoms with Crippen LogP contribution in [0.4, 0.5) is 0 Å². The fraction of sp³-hybridized carbons (Fsp3) is 0.0333. The van der Waals surface area contributed by atoms with Crippen molar-refractivity contribution in [2.45, 2.75) is 13.8 Å². The summed E-state index contributed by atoms with van der Waals surface area (Å²) in [7, 11) is 0. The van der Waals surface area contributed by atoms with Gasteiger partial charge in [0.15, 0.2) is 40.8 Å². The van der Waals surface area contributed by atoms with Crippen LogP contribution in [0.25, 0.3) is 113 Å². The first kappa shape index (κ1) is 41.6. The Morgan fingerprint density at radius 2 is 0.500 bits per heavy atom. The van der Waals surface area contributed by atoms with Crippen LogP contribution in [0, 0.1) is 13.8 Å². The summed E-state index contributed by atoms with van der Waals surface area (Å²) < 4.78 is 0. The van der Waals surface area contributed by atoms with Gasteiger partial charge in [-0.2, -0.15) is 0 Å². The molecule has 322 valence electrons. The maximum absolute atomic E-state index is 5.21. The SMILES string of the molecule is Cc1cc(C)nc(-c2cc(-c3cccc(-c4nc(-c5ccccc5)nc(-c5ccccc5-c5ccccc5)n4)c3)cc(-c3ccccc3-c3nc(-c4ccccc4)nc(-c4ccccc4)n3)c2)n1. The molecule has 0 spiro atoms. The fourth-order valence-corrected chi connectivity index (χ4v) is 8.52. The van der Waals surface area contributed by atoms with E-state index in [9.17, 15) is 0 Å². The van der Waals surface area contributed by atoms with E-state index in [0.717, 1.165) is 83.7 Å². The first-order chi connectivity index (χ1) is 33.5. The molecule has 0 unspecified atom stereocenters. The lowest BCUT2D eigenvalue weighted by Gasteiger charge is -2.15. The van der Waals surface area contributed by atoms with E-state index in [1.807, 2.05) is 147 Å². The first-order valence-corrected chi connectivity index (χ1v) is 22.5. The van der Waals surface area contributed by atoms with Gasteiger partial charge in [-0.1, -0.05) is 188 Å². The minimum Gasteiger partial charge on any atom is -0.233 e. The second-order valence-corrected chi connectivity index (χ2v) is 16.5. The van der Waals surface area contributed by atoms with Gasteiger partial charge < -0.3 is 0 Å². The van der Waals surface area contributed by atoms with Crippen molar-refractivity contribution < 1.29 is 0 Å². The number of aromatic nitrogens is 8. The van der Waals surface area contributed by atoms with Gasteiger partial charge in [0, 0.05) is 50.3 Å². The van der Waals surface area contributed by atoms with Crippen molar-refractivity contribution in [3.63, 3.8) is 0 Å². The average molecular weight is 875 g/mol. The van der Waals surface area contributed by atoms with E-state index < -0.39 is 0 Å². The number of hydrogen-bond acceptors (Lipinski definition) is 8. The van der Waals surface area contributed by atoms with E-state index in [4.69, 9.17) is 39.9 Å². The Kier molecular flexibility index (Phi) is 11.2. The predicted octanol–water partition coefficient (Wildman–Crippen LogP) is 14.1. The summed E-state index contributed by atoms with van der Waals surface area (Å²) in [5.74, 6) is 4.16. The molecule has 8 aromatic carbocycles. The minimum atomic E-state index is 0.566. The maximum atomic E-state index is 5.21. The third kappa shape index (κ3) is 8.69. The molecule has 0 saturated carbocycles. The highest BCUT2D eigenvalue weighted by Gasteiger charge is 2.20. The number of aryl methyl sites for hydroxylation is 2. The summed E-state index contributed by atoms with van der Waals surface area (Å²) >= 11 is 0. The number of nitrogens with zero attached hydrogens (tertiary/aromatic N) is 8. The van der Waals surface area contributed by atoms with Gasteiger partial charge >= 0.3 is 0 Å². The average Bonchev–Trinajstić information content (AvgIpc) is 3.41. The topological polar surface area (TPSA) is 103 Å². The molecule has 0 radical (unpaired) electrons. The second-order valence-electron chi connectivity index (χ2n) is 16.5. The Bertz CT molecular complexity index is 3500. The van der Waals surface area contributed by atoms with Crippen molar-refractivity contribution in [3.8, 4) is 113 Å². The van der Waals surface area contributed by atoms with Crippen LogP contribution in [0.3, 0.4) is 0 Å². The lowest BCUT2D eigenvalue weighted by molar-refractivity contribution is 1.06. The van der Waals surface area contributed by atoms with Gasteiger partial charge in [0.25, 0.3) is 0 Å². The molecule has 0 aliphatic carbocycles. The van der Waals surface area contributed by atoms with E-state index in [2.05, 4.69) is 84.9 Å². The lowest BCUT2D eigenvalue weighted by Crippen LogP contribution is -2.01. The Balaban J connectivity index is 1.08. The molecule has 0 fully saturated rings. The van der Waals surface area contributed by atoms with E-state index in [1.165, 1.54) is 0 Å². The molecule has 11 aromatic rings. The molecule has 11 rings (SSSR count). The molecule has 0 N–H and O–H groups in total. The van der Waals surface area contributed by atoms with Crippen LogP contribution in [0.15, 0.2) is 218 Å². The predicted molar refractivity (Wildman–Crippen MR) is 273 cm³/mol. The normalized spacial score (nSPS) is 11.1. The van der Waals surface area contributed by atoms with Gasteiger partial charge in [-0.25, -0.2) is 39.9 Å². The van der Waals surface area contributed by atoms with Gasteiger partial charge in [0.1, 0.15) is 0 Å². The van der Waals surface area contributed by atoms with Gasteiger partial charge in [-0.05, 0) is 77.6 Å². The number of hydrogen-bond donors (Lipinski definition) is 0. The molecule has 8 nitrogen and oxygen atoms in total. The van der Waals surface area contributed by atoms with Crippen LogP contribution in [0.1, 0.15) is 11.4 Å². The molecule has 0 aliphatic heterocycles. The van der Waals surface area contributed by atoms with Crippen molar-refractivity contribution in [1.82, 2.24) is 39.9 Å². The summed E-state index contributed by atoms with van der Waals surface area (Å²) in [6.07, 6.45) is 0. The fourth-order valence-electron chi connectivity index (χ4n) is 8.52. The number of benzene rings is 8. The molecule has 3 aromatic heterocycles. The molecule has 0 bridgehead atoms. The molecular formula is C60H42N8. The summed E-state index contributed by atoms with van der Waals surface area (Å²) in [5.41, 5.74) is 14.0. The zero-order valence-corrected chi connectivity index (χ0v) is 37.4. The third-order valence-corrected chi connectivity index (χ3v) is 11.7. The highest BCUT2D eigenvalue weighted by atomic mass is 15.0. The third-order valence-electron chi connectivity index (χ3n) is 11.7. The Hall–Kier alpha value is -9.14. The standard InChI is InChI=1S/C60H42N8/c1-39-34-40(2)62-58(61-39)49-37-47(36-48(38-49)51-31-16-18-33-53(51)60-65-54(42-22-9-4-10-23-42)63-55(66-60)43-24-11-5-12-25-43)45-28-19-29-46(35-45)57-64-56(44-26-13-6-14-27-44)67-59(68-57)52-32-17-15-30-50(52)41-20-7-3-8-21-41/h3-38H,1-2H3. The van der Waals surface area contributed by atoms with Crippen molar-refractivity contribution in [3.05, 3.63) is 230 Å². The molecule has 3 heterocycles. The van der Waals surface area contributed by atoms with Crippen LogP contribution < -0.4 is 0 Å². The Labute approximate surface area is 394 Å². The summed E-state index contributed by atoms with van der Waals surface area (Å²) in [6.45, 7) is 4.00. The molecule has 0 atom stereocenters. The highest BCUT2D eigenvalue weighted by molar-refractivity contribution is 5.88. The van der Waals surface area contributed by atoms with E-state index in [1.54, 1.807) is 0 Å². The molecule has 8 heteroatoms. The lowest BCUT2D eigenvalue weighted by atomic mass is 9.92. The first-order valence-electron chi connectivity index (χ1n) is 22.5. The van der Waals surface area contributed by atoms with Gasteiger partial charge in [0.2, 0.25) is 0 Å². The summed E-state index contributed by atoms with van der Waals surface area (Å²) in [5, 5.41) is 0. The van der Waals surface area contributed by atoms with Gasteiger partial charge in [-0.15, -0.1) is 0 Å². The van der Waals surface area contributed by atoms with Crippen LogP contribution in [0.5, 0.6) is 0 Å². The highest BCUT2D eigenvalue weighted by Crippen LogP contribution is 2.39. The largest absolute Gasteiger partial charge is 0.233 e. The van der Waals surface area contributed by atoms with Crippen LogP contribution in [-0.4, -0.2) is 39.9 Å². The van der Waals surface area contributed by atoms with Crippen molar-refractivity contribution in [2.24, 2.45) is 0 Å². The number of rotatable bonds is 10. The zero-order chi connectivity index (χ0) is 45.8. The van der Waals surface area contributed by atoms with Crippen LogP contribution in [0.2, 0.25) is 0 Å². The van der Waals surface area contributed by atoms with Crippen LogP contribution in [-0.2, 0) is 0 Å². The Morgan fingerprint density at radius 3 is 0.985 bits per heavy atom. The molecule has 0 aliphatic rings. The quantitative estimate of drug-likeness (QED) is 0.134. The monoisotopic (exact) mass is 874 g/mol.